The largest absolute Gasteiger partial charge is 0.481 e. The molecule has 0 bridgehead atoms. The van der Waals surface area contributed by atoms with Crippen LogP contribution in [0.15, 0.2) is 58.8 Å². The maximum Gasteiger partial charge on any atom is 0.199 e. The average Bonchev–Trinajstić information content (AvgIpc) is 2.61. The van der Waals surface area contributed by atoms with E-state index in [1.807, 2.05) is 24.3 Å². The van der Waals surface area contributed by atoms with Gasteiger partial charge in [-0.05, 0) is 48.4 Å². The van der Waals surface area contributed by atoms with Crippen LogP contribution in [-0.2, 0) is 16.4 Å². The van der Waals surface area contributed by atoms with Crippen LogP contribution < -0.4 is 10.5 Å². The summed E-state index contributed by atoms with van der Waals surface area (Å²) in [6.45, 7) is 2.47. The summed E-state index contributed by atoms with van der Waals surface area (Å²) in [5, 5.41) is 1.20. The van der Waals surface area contributed by atoms with Gasteiger partial charge in [0, 0.05) is 12.0 Å². The molecule has 0 saturated heterocycles. The molecule has 0 aliphatic rings. The molecule has 0 fully saturated rings. The second-order valence-corrected chi connectivity index (χ2v) is 6.81. The standard InChI is InChI=1S/C19H19NO3S.ClH/c1-2-3-13-23-18-8-10-19(11-9-18)24(21,22)14-12-16-4-6-17(15-20)7-5-16;/h4-12,14H,13,15,20H2,1H3;1H. The van der Waals surface area contributed by atoms with Crippen LogP contribution in [0.5, 0.6) is 5.75 Å². The Kier molecular flexibility index (Phi) is 8.23. The summed E-state index contributed by atoms with van der Waals surface area (Å²) in [5.74, 6) is 6.09. The monoisotopic (exact) mass is 377 g/mol. The van der Waals surface area contributed by atoms with Crippen molar-refractivity contribution in [1.29, 1.82) is 0 Å². The molecular formula is C19H20ClNO3S. The van der Waals surface area contributed by atoms with Crippen molar-refractivity contribution in [3.8, 4) is 17.6 Å². The van der Waals surface area contributed by atoms with Gasteiger partial charge in [0.05, 0.1) is 4.90 Å². The number of halogens is 1. The van der Waals surface area contributed by atoms with Gasteiger partial charge in [-0.25, -0.2) is 8.42 Å². The van der Waals surface area contributed by atoms with E-state index in [4.69, 9.17) is 10.5 Å². The van der Waals surface area contributed by atoms with E-state index in [1.165, 1.54) is 17.5 Å². The quantitative estimate of drug-likeness (QED) is 0.783. The lowest BCUT2D eigenvalue weighted by molar-refractivity contribution is 0.370. The van der Waals surface area contributed by atoms with Gasteiger partial charge < -0.3 is 10.5 Å². The minimum atomic E-state index is -3.50. The van der Waals surface area contributed by atoms with E-state index in [1.54, 1.807) is 25.1 Å². The van der Waals surface area contributed by atoms with Gasteiger partial charge in [-0.3, -0.25) is 0 Å². The third kappa shape index (κ3) is 6.28. The normalized spacial score (nSPS) is 10.6. The first kappa shape index (κ1) is 20.8. The van der Waals surface area contributed by atoms with E-state index in [0.717, 1.165) is 11.1 Å². The lowest BCUT2D eigenvalue weighted by Gasteiger charge is -2.04. The molecule has 0 saturated carbocycles. The molecule has 2 N–H and O–H groups in total. The Hall–Kier alpha value is -2.26. The average molecular weight is 378 g/mol. The zero-order valence-corrected chi connectivity index (χ0v) is 15.4. The van der Waals surface area contributed by atoms with Gasteiger partial charge in [0.1, 0.15) is 12.4 Å². The van der Waals surface area contributed by atoms with Crippen LogP contribution in [0.2, 0.25) is 0 Å². The van der Waals surface area contributed by atoms with E-state index in [9.17, 15) is 8.42 Å². The van der Waals surface area contributed by atoms with Crippen molar-refractivity contribution in [1.82, 2.24) is 0 Å². The highest BCUT2D eigenvalue weighted by Gasteiger charge is 2.10. The summed E-state index contributed by atoms with van der Waals surface area (Å²) < 4.78 is 30.0. The lowest BCUT2D eigenvalue weighted by Crippen LogP contribution is -1.98. The van der Waals surface area contributed by atoms with Crippen LogP contribution in [0, 0.1) is 11.8 Å². The molecule has 2 aromatic rings. The maximum absolute atomic E-state index is 12.3. The van der Waals surface area contributed by atoms with Crippen molar-refractivity contribution in [3.05, 3.63) is 65.1 Å². The summed E-state index contributed by atoms with van der Waals surface area (Å²) in [4.78, 5) is 0.214. The zero-order chi connectivity index (χ0) is 17.4. The molecule has 2 rings (SSSR count). The molecule has 0 heterocycles. The third-order valence-electron chi connectivity index (χ3n) is 3.30. The Bertz CT molecular complexity index is 862. The van der Waals surface area contributed by atoms with Crippen molar-refractivity contribution in [3.63, 3.8) is 0 Å². The molecule has 2 aromatic carbocycles. The van der Waals surface area contributed by atoms with Crippen molar-refractivity contribution in [2.75, 3.05) is 6.61 Å². The maximum atomic E-state index is 12.3. The molecule has 0 aliphatic heterocycles. The van der Waals surface area contributed by atoms with E-state index in [-0.39, 0.29) is 23.9 Å². The highest BCUT2D eigenvalue weighted by Crippen LogP contribution is 2.18. The molecule has 0 aromatic heterocycles. The van der Waals surface area contributed by atoms with Gasteiger partial charge in [-0.15, -0.1) is 18.3 Å². The fourth-order valence-electron chi connectivity index (χ4n) is 1.93. The highest BCUT2D eigenvalue weighted by atomic mass is 35.5. The topological polar surface area (TPSA) is 69.4 Å². The first-order valence-corrected chi connectivity index (χ1v) is 8.94. The predicted molar refractivity (Wildman–Crippen MR) is 103 cm³/mol. The van der Waals surface area contributed by atoms with E-state index in [0.29, 0.717) is 12.3 Å². The first-order chi connectivity index (χ1) is 11.5. The Morgan fingerprint density at radius 3 is 2.28 bits per heavy atom. The fraction of sp³-hybridized carbons (Fsp3) is 0.158. The zero-order valence-electron chi connectivity index (χ0n) is 13.8. The molecule has 0 amide bonds. The molecule has 0 spiro atoms. The van der Waals surface area contributed by atoms with Gasteiger partial charge in [0.2, 0.25) is 0 Å². The molecule has 6 heteroatoms. The predicted octanol–water partition coefficient (Wildman–Crippen LogP) is 3.41. The SMILES string of the molecule is CC#CCOc1ccc(S(=O)(=O)C=Cc2ccc(CN)cc2)cc1.Cl. The lowest BCUT2D eigenvalue weighted by atomic mass is 10.1. The van der Waals surface area contributed by atoms with Crippen molar-refractivity contribution in [2.45, 2.75) is 18.4 Å². The van der Waals surface area contributed by atoms with Gasteiger partial charge >= 0.3 is 0 Å². The van der Waals surface area contributed by atoms with Crippen LogP contribution in [0.1, 0.15) is 18.1 Å². The molecule has 132 valence electrons. The summed E-state index contributed by atoms with van der Waals surface area (Å²) in [6.07, 6.45) is 1.57. The van der Waals surface area contributed by atoms with Gasteiger partial charge in [-0.2, -0.15) is 0 Å². The summed E-state index contributed by atoms with van der Waals surface area (Å²) in [5.41, 5.74) is 7.34. The fourth-order valence-corrected chi connectivity index (χ4v) is 2.94. The van der Waals surface area contributed by atoms with Crippen LogP contribution >= 0.6 is 12.4 Å². The Morgan fingerprint density at radius 2 is 1.72 bits per heavy atom. The van der Waals surface area contributed by atoms with Crippen molar-refractivity contribution in [2.24, 2.45) is 5.73 Å². The van der Waals surface area contributed by atoms with Gasteiger partial charge in [0.25, 0.3) is 0 Å². The van der Waals surface area contributed by atoms with Crippen LogP contribution in [-0.4, -0.2) is 15.0 Å². The van der Waals surface area contributed by atoms with E-state index < -0.39 is 9.84 Å². The summed E-state index contributed by atoms with van der Waals surface area (Å²) >= 11 is 0. The second kappa shape index (κ2) is 9.90. The Labute approximate surface area is 155 Å². The van der Waals surface area contributed by atoms with E-state index >= 15 is 0 Å². The molecule has 0 unspecified atom stereocenters. The summed E-state index contributed by atoms with van der Waals surface area (Å²) in [6, 6.07) is 13.7. The van der Waals surface area contributed by atoms with Crippen molar-refractivity contribution < 1.29 is 13.2 Å². The minimum absolute atomic E-state index is 0. The molecule has 4 nitrogen and oxygen atoms in total. The number of benzene rings is 2. The van der Waals surface area contributed by atoms with Gasteiger partial charge in [0.15, 0.2) is 9.84 Å². The second-order valence-electron chi connectivity index (χ2n) is 4.98. The molecule has 0 radical (unpaired) electrons. The smallest absolute Gasteiger partial charge is 0.199 e. The molecule has 0 atom stereocenters. The number of ether oxygens (including phenoxy) is 1. The number of hydrogen-bond donors (Lipinski definition) is 1. The number of hydrogen-bond acceptors (Lipinski definition) is 4. The van der Waals surface area contributed by atoms with Crippen LogP contribution in [0.25, 0.3) is 6.08 Å². The number of rotatable bonds is 6. The number of nitrogens with two attached hydrogens (primary N) is 1. The Morgan fingerprint density at radius 1 is 1.08 bits per heavy atom. The van der Waals surface area contributed by atoms with E-state index in [2.05, 4.69) is 11.8 Å². The van der Waals surface area contributed by atoms with Crippen LogP contribution in [0.3, 0.4) is 0 Å². The third-order valence-corrected chi connectivity index (χ3v) is 4.72. The molecule has 25 heavy (non-hydrogen) atoms. The first-order valence-electron chi connectivity index (χ1n) is 7.40. The molecule has 0 aliphatic carbocycles. The minimum Gasteiger partial charge on any atom is -0.481 e. The van der Waals surface area contributed by atoms with Crippen molar-refractivity contribution >= 4 is 28.3 Å². The Balaban J connectivity index is 0.00000312. The van der Waals surface area contributed by atoms with Crippen LogP contribution in [0.4, 0.5) is 0 Å². The van der Waals surface area contributed by atoms with Gasteiger partial charge in [-0.1, -0.05) is 30.2 Å². The summed E-state index contributed by atoms with van der Waals surface area (Å²) in [7, 11) is -3.50. The molecular weight excluding hydrogens is 358 g/mol. The number of sulfone groups is 1. The highest BCUT2D eigenvalue weighted by molar-refractivity contribution is 7.94.